The van der Waals surface area contributed by atoms with E-state index in [0.29, 0.717) is 17.8 Å². The van der Waals surface area contributed by atoms with E-state index in [9.17, 15) is 16.8 Å². The van der Waals surface area contributed by atoms with E-state index in [4.69, 9.17) is 0 Å². The van der Waals surface area contributed by atoms with Gasteiger partial charge in [0.05, 0.1) is 24.3 Å². The number of nitrogens with zero attached hydrogens (tertiary/aromatic N) is 2. The summed E-state index contributed by atoms with van der Waals surface area (Å²) in [5.41, 5.74) is 3.74. The Morgan fingerprint density at radius 1 is 1.00 bits per heavy atom. The number of rotatable bonds is 5. The Hall–Kier alpha value is -2.39. The van der Waals surface area contributed by atoms with Crippen molar-refractivity contribution in [2.24, 2.45) is 5.10 Å². The first kappa shape index (κ1) is 19.4. The maximum atomic E-state index is 12.3. The zero-order chi connectivity index (χ0) is 19.8. The van der Waals surface area contributed by atoms with Gasteiger partial charge in [0.15, 0.2) is 0 Å². The first-order chi connectivity index (χ1) is 12.5. The van der Waals surface area contributed by atoms with Crippen LogP contribution < -0.4 is 4.72 Å². The zero-order valence-electron chi connectivity index (χ0n) is 15.2. The number of hydrogen-bond acceptors (Lipinski definition) is 5. The van der Waals surface area contributed by atoms with E-state index in [2.05, 4.69) is 9.82 Å². The monoisotopic (exact) mass is 407 g/mol. The Balaban J connectivity index is 1.94. The van der Waals surface area contributed by atoms with Crippen LogP contribution in [0, 0.1) is 6.92 Å². The molecule has 1 heterocycles. The molecule has 27 heavy (non-hydrogen) atoms. The van der Waals surface area contributed by atoms with E-state index >= 15 is 0 Å². The minimum absolute atomic E-state index is 0.398. The summed E-state index contributed by atoms with van der Waals surface area (Å²) in [5, 5.41) is 4.36. The third kappa shape index (κ3) is 4.48. The number of benzene rings is 2. The summed E-state index contributed by atoms with van der Waals surface area (Å²) < 4.78 is 50.7. The van der Waals surface area contributed by atoms with E-state index in [-0.39, 0.29) is 0 Å². The highest BCUT2D eigenvalue weighted by atomic mass is 32.2. The van der Waals surface area contributed by atoms with Gasteiger partial charge in [0.1, 0.15) is 0 Å². The van der Waals surface area contributed by atoms with Crippen molar-refractivity contribution in [2.75, 3.05) is 17.2 Å². The molecule has 0 radical (unpaired) electrons. The van der Waals surface area contributed by atoms with Gasteiger partial charge >= 0.3 is 0 Å². The lowest BCUT2D eigenvalue weighted by atomic mass is 9.96. The fourth-order valence-corrected chi connectivity index (χ4v) is 4.57. The van der Waals surface area contributed by atoms with Crippen LogP contribution in [0.2, 0.25) is 0 Å². The van der Waals surface area contributed by atoms with Crippen molar-refractivity contribution in [3.63, 3.8) is 0 Å². The van der Waals surface area contributed by atoms with Crippen LogP contribution in [0.3, 0.4) is 0 Å². The van der Waals surface area contributed by atoms with Crippen molar-refractivity contribution in [2.45, 2.75) is 19.4 Å². The van der Waals surface area contributed by atoms with Crippen LogP contribution in [0.5, 0.6) is 0 Å². The second-order valence-corrected chi connectivity index (χ2v) is 10.2. The molecular formula is C18H21N3O4S2. The Morgan fingerprint density at radius 2 is 1.63 bits per heavy atom. The van der Waals surface area contributed by atoms with Crippen molar-refractivity contribution < 1.29 is 16.8 Å². The van der Waals surface area contributed by atoms with E-state index in [1.165, 1.54) is 0 Å². The second-order valence-electron chi connectivity index (χ2n) is 6.61. The number of sulfonamides is 2. The third-order valence-electron chi connectivity index (χ3n) is 4.28. The predicted molar refractivity (Wildman–Crippen MR) is 107 cm³/mol. The van der Waals surface area contributed by atoms with Crippen molar-refractivity contribution in [3.8, 4) is 0 Å². The summed E-state index contributed by atoms with van der Waals surface area (Å²) in [6.45, 7) is 1.94. The largest absolute Gasteiger partial charge is 0.284 e. The molecule has 2 aromatic carbocycles. The molecule has 0 spiro atoms. The van der Waals surface area contributed by atoms with E-state index in [0.717, 1.165) is 33.6 Å². The number of anilines is 1. The molecule has 0 unspecified atom stereocenters. The minimum Gasteiger partial charge on any atom is -0.284 e. The lowest BCUT2D eigenvalue weighted by molar-refractivity contribution is 0.374. The van der Waals surface area contributed by atoms with Crippen LogP contribution in [0.25, 0.3) is 0 Å². The molecule has 0 fully saturated rings. The molecule has 144 valence electrons. The average molecular weight is 408 g/mol. The van der Waals surface area contributed by atoms with Crippen LogP contribution in [0.4, 0.5) is 5.69 Å². The topological polar surface area (TPSA) is 95.9 Å². The highest BCUT2D eigenvalue weighted by molar-refractivity contribution is 7.92. The van der Waals surface area contributed by atoms with Gasteiger partial charge in [-0.25, -0.2) is 16.8 Å². The van der Waals surface area contributed by atoms with Crippen LogP contribution >= 0.6 is 0 Å². The van der Waals surface area contributed by atoms with Gasteiger partial charge in [0.2, 0.25) is 20.0 Å². The maximum absolute atomic E-state index is 12.3. The Kier molecular flexibility index (Phi) is 5.00. The lowest BCUT2D eigenvalue weighted by Crippen LogP contribution is -2.26. The van der Waals surface area contributed by atoms with Crippen molar-refractivity contribution in [1.82, 2.24) is 4.41 Å². The van der Waals surface area contributed by atoms with Gasteiger partial charge in [-0.15, -0.1) is 0 Å². The number of hydrogen-bond donors (Lipinski definition) is 1. The summed E-state index contributed by atoms with van der Waals surface area (Å²) >= 11 is 0. The fraction of sp³-hybridized carbons (Fsp3) is 0.278. The fourth-order valence-electron chi connectivity index (χ4n) is 3.11. The van der Waals surface area contributed by atoms with E-state index < -0.39 is 26.1 Å². The Bertz CT molecular complexity index is 1090. The van der Waals surface area contributed by atoms with Gasteiger partial charge in [0, 0.05) is 12.1 Å². The first-order valence-electron chi connectivity index (χ1n) is 8.25. The summed E-state index contributed by atoms with van der Waals surface area (Å²) in [5.74, 6) is 0. The van der Waals surface area contributed by atoms with E-state index in [1.54, 1.807) is 24.3 Å². The first-order valence-corrected chi connectivity index (χ1v) is 12.0. The highest BCUT2D eigenvalue weighted by Gasteiger charge is 2.35. The van der Waals surface area contributed by atoms with Gasteiger partial charge < -0.3 is 0 Å². The van der Waals surface area contributed by atoms with Crippen molar-refractivity contribution in [3.05, 3.63) is 65.2 Å². The zero-order valence-corrected chi connectivity index (χ0v) is 16.9. The normalized spacial score (nSPS) is 17.7. The van der Waals surface area contributed by atoms with Crippen LogP contribution in [-0.2, 0) is 20.0 Å². The van der Waals surface area contributed by atoms with E-state index in [1.807, 2.05) is 31.2 Å². The third-order valence-corrected chi connectivity index (χ3v) is 5.90. The molecule has 1 atom stereocenters. The Morgan fingerprint density at radius 3 is 2.19 bits per heavy atom. The molecule has 0 bridgehead atoms. The quantitative estimate of drug-likeness (QED) is 0.824. The van der Waals surface area contributed by atoms with Crippen LogP contribution in [0.15, 0.2) is 53.6 Å². The van der Waals surface area contributed by atoms with Crippen molar-refractivity contribution in [1.29, 1.82) is 0 Å². The number of hydrazone groups is 1. The Labute approximate surface area is 159 Å². The molecule has 0 saturated heterocycles. The summed E-state index contributed by atoms with van der Waals surface area (Å²) in [6.07, 6.45) is 2.67. The molecule has 0 saturated carbocycles. The molecule has 3 rings (SSSR count). The number of nitrogens with one attached hydrogen (secondary N) is 1. The molecule has 1 N–H and O–H groups in total. The molecule has 2 aromatic rings. The van der Waals surface area contributed by atoms with Crippen molar-refractivity contribution >= 4 is 31.4 Å². The van der Waals surface area contributed by atoms with Gasteiger partial charge in [-0.1, -0.05) is 36.4 Å². The van der Waals surface area contributed by atoms with Crippen LogP contribution in [0.1, 0.15) is 29.2 Å². The molecule has 0 aliphatic carbocycles. The highest BCUT2D eigenvalue weighted by Crippen LogP contribution is 2.36. The molecule has 1 aliphatic rings. The maximum Gasteiger partial charge on any atom is 0.247 e. The summed E-state index contributed by atoms with van der Waals surface area (Å²) in [4.78, 5) is 0. The number of aryl methyl sites for hydroxylation is 1. The van der Waals surface area contributed by atoms with Gasteiger partial charge in [-0.05, 0) is 35.7 Å². The SMILES string of the molecule is Cc1ccccc1[C@H]1CC(c2ccc(NS(C)(=O)=O)cc2)=NN1S(C)(=O)=O. The molecule has 1 aliphatic heterocycles. The smallest absolute Gasteiger partial charge is 0.247 e. The minimum atomic E-state index is -3.54. The standard InChI is InChI=1S/C18H21N3O4S2/c1-13-6-4-5-7-16(13)18-12-17(19-21(18)27(3,24)25)14-8-10-15(11-9-14)20-26(2,22)23/h4-11,18,20H,12H2,1-3H3/t18-/m1/s1. The molecular weight excluding hydrogens is 386 g/mol. The molecule has 0 aromatic heterocycles. The predicted octanol–water partition coefficient (Wildman–Crippen LogP) is 2.48. The van der Waals surface area contributed by atoms with Gasteiger partial charge in [-0.2, -0.15) is 9.52 Å². The summed E-state index contributed by atoms with van der Waals surface area (Å²) in [7, 11) is -6.89. The summed E-state index contributed by atoms with van der Waals surface area (Å²) in [6, 6.07) is 14.0. The van der Waals surface area contributed by atoms with Crippen LogP contribution in [-0.4, -0.2) is 39.5 Å². The lowest BCUT2D eigenvalue weighted by Gasteiger charge is -2.22. The molecule has 0 amide bonds. The van der Waals surface area contributed by atoms with Gasteiger partial charge in [0.25, 0.3) is 0 Å². The average Bonchev–Trinajstić information content (AvgIpc) is 3.00. The molecule has 7 nitrogen and oxygen atoms in total. The molecule has 9 heteroatoms. The van der Waals surface area contributed by atoms with Gasteiger partial charge in [-0.3, -0.25) is 4.72 Å². The second kappa shape index (κ2) is 6.97.